The molecule has 1 saturated carbocycles. The normalized spacial score (nSPS) is 23.5. The molecule has 1 atom stereocenters. The van der Waals surface area contributed by atoms with Crippen molar-refractivity contribution in [2.75, 3.05) is 45.7 Å². The van der Waals surface area contributed by atoms with Gasteiger partial charge < -0.3 is 10.2 Å². The van der Waals surface area contributed by atoms with E-state index in [0.717, 1.165) is 55.1 Å². The van der Waals surface area contributed by atoms with Crippen LogP contribution in [0.5, 0.6) is 0 Å². The van der Waals surface area contributed by atoms with Crippen molar-refractivity contribution < 1.29 is 9.59 Å². The SMILES string of the molecule is Cc1nc([C@@H]2CCCN2CC(=O)NCC2(N(C)C)CCCCC2)nc2c1CCC(=O)N2C. The van der Waals surface area contributed by atoms with Crippen LogP contribution >= 0.6 is 0 Å². The number of nitrogens with zero attached hydrogens (tertiary/aromatic N) is 5. The molecule has 32 heavy (non-hydrogen) atoms. The van der Waals surface area contributed by atoms with Gasteiger partial charge in [0.15, 0.2) is 0 Å². The fourth-order valence-electron chi connectivity index (χ4n) is 5.64. The lowest BCUT2D eigenvalue weighted by Crippen LogP contribution is -2.54. The first kappa shape index (κ1) is 23.1. The second-order valence-electron chi connectivity index (χ2n) is 10.0. The molecule has 2 fully saturated rings. The number of anilines is 1. The summed E-state index contributed by atoms with van der Waals surface area (Å²) in [6.45, 7) is 3.94. The first-order valence-corrected chi connectivity index (χ1v) is 12.1. The van der Waals surface area contributed by atoms with E-state index in [1.54, 1.807) is 11.9 Å². The van der Waals surface area contributed by atoms with Crippen LogP contribution in [0.4, 0.5) is 5.82 Å². The predicted octanol–water partition coefficient (Wildman–Crippen LogP) is 2.21. The Bertz CT molecular complexity index is 864. The monoisotopic (exact) mass is 442 g/mol. The Hall–Kier alpha value is -2.06. The van der Waals surface area contributed by atoms with Crippen LogP contribution in [0.3, 0.4) is 0 Å². The highest BCUT2D eigenvalue weighted by atomic mass is 16.2. The van der Waals surface area contributed by atoms with Crippen LogP contribution in [0.15, 0.2) is 0 Å². The van der Waals surface area contributed by atoms with Gasteiger partial charge in [0.25, 0.3) is 0 Å². The number of hydrogen-bond donors (Lipinski definition) is 1. The lowest BCUT2D eigenvalue weighted by molar-refractivity contribution is -0.123. The molecule has 2 aliphatic heterocycles. The number of nitrogens with one attached hydrogen (secondary N) is 1. The number of carbonyl (C=O) groups is 2. The molecular formula is C24H38N6O2. The third-order valence-corrected chi connectivity index (χ3v) is 7.85. The van der Waals surface area contributed by atoms with Crippen molar-refractivity contribution >= 4 is 17.6 Å². The van der Waals surface area contributed by atoms with E-state index in [1.807, 2.05) is 6.92 Å². The number of carbonyl (C=O) groups excluding carboxylic acids is 2. The molecule has 1 aliphatic carbocycles. The molecule has 3 aliphatic rings. The third-order valence-electron chi connectivity index (χ3n) is 7.85. The average molecular weight is 443 g/mol. The second kappa shape index (κ2) is 9.43. The summed E-state index contributed by atoms with van der Waals surface area (Å²) in [5, 5.41) is 3.23. The molecule has 0 bridgehead atoms. The summed E-state index contributed by atoms with van der Waals surface area (Å²) in [7, 11) is 6.05. The van der Waals surface area contributed by atoms with E-state index in [9.17, 15) is 9.59 Å². The van der Waals surface area contributed by atoms with Crippen molar-refractivity contribution in [1.29, 1.82) is 0 Å². The Morgan fingerprint density at radius 2 is 1.91 bits per heavy atom. The Balaban J connectivity index is 1.43. The average Bonchev–Trinajstić information content (AvgIpc) is 3.23. The van der Waals surface area contributed by atoms with E-state index in [0.29, 0.717) is 25.9 Å². The maximum atomic E-state index is 12.9. The summed E-state index contributed by atoms with van der Waals surface area (Å²) in [4.78, 5) is 40.9. The first-order valence-electron chi connectivity index (χ1n) is 12.1. The molecule has 176 valence electrons. The van der Waals surface area contributed by atoms with Gasteiger partial charge in [-0.15, -0.1) is 0 Å². The summed E-state index contributed by atoms with van der Waals surface area (Å²) in [6, 6.07) is 0.0210. The van der Waals surface area contributed by atoms with Gasteiger partial charge in [-0.1, -0.05) is 19.3 Å². The molecule has 1 aromatic rings. The van der Waals surface area contributed by atoms with E-state index >= 15 is 0 Å². The van der Waals surface area contributed by atoms with Crippen molar-refractivity contribution in [3.8, 4) is 0 Å². The van der Waals surface area contributed by atoms with Crippen molar-refractivity contribution in [3.63, 3.8) is 0 Å². The Morgan fingerprint density at radius 1 is 1.16 bits per heavy atom. The minimum absolute atomic E-state index is 0.0210. The molecule has 0 spiro atoms. The summed E-state index contributed by atoms with van der Waals surface area (Å²) in [5.74, 6) is 1.66. The molecule has 8 heteroatoms. The van der Waals surface area contributed by atoms with Gasteiger partial charge in [-0.3, -0.25) is 19.4 Å². The zero-order chi connectivity index (χ0) is 22.9. The lowest BCUT2D eigenvalue weighted by atomic mass is 9.80. The van der Waals surface area contributed by atoms with Gasteiger partial charge in [-0.2, -0.15) is 0 Å². The molecule has 1 saturated heterocycles. The Kier molecular flexibility index (Phi) is 6.81. The number of hydrogen-bond acceptors (Lipinski definition) is 6. The summed E-state index contributed by atoms with van der Waals surface area (Å²) >= 11 is 0. The standard InChI is InChI=1S/C24H38N6O2/c1-17-18-10-11-21(32)29(4)23(18)27-22(26-17)19-9-8-14-30(19)15-20(31)25-16-24(28(2)3)12-6-5-7-13-24/h19H,5-16H2,1-4H3,(H,25,31)/t19-/m0/s1. The van der Waals surface area contributed by atoms with Gasteiger partial charge in [-0.25, -0.2) is 9.97 Å². The molecule has 0 radical (unpaired) electrons. The molecule has 3 heterocycles. The molecule has 8 nitrogen and oxygen atoms in total. The van der Waals surface area contributed by atoms with Crippen molar-refractivity contribution in [2.45, 2.75) is 76.3 Å². The van der Waals surface area contributed by atoms with E-state index in [-0.39, 0.29) is 23.4 Å². The zero-order valence-electron chi connectivity index (χ0n) is 20.1. The fraction of sp³-hybridized carbons (Fsp3) is 0.750. The van der Waals surface area contributed by atoms with E-state index < -0.39 is 0 Å². The van der Waals surface area contributed by atoms with Crippen LogP contribution in [0.25, 0.3) is 0 Å². The number of rotatable bonds is 6. The zero-order valence-corrected chi connectivity index (χ0v) is 20.1. The minimum atomic E-state index is 0.0210. The third kappa shape index (κ3) is 4.53. The largest absolute Gasteiger partial charge is 0.353 e. The van der Waals surface area contributed by atoms with E-state index in [1.165, 1.54) is 19.3 Å². The molecule has 2 amide bonds. The van der Waals surface area contributed by atoms with Crippen LogP contribution in [-0.4, -0.2) is 77.9 Å². The topological polar surface area (TPSA) is 81.7 Å². The highest BCUT2D eigenvalue weighted by Crippen LogP contribution is 2.34. The van der Waals surface area contributed by atoms with Crippen molar-refractivity contribution in [3.05, 3.63) is 17.1 Å². The van der Waals surface area contributed by atoms with Crippen LogP contribution in [0, 0.1) is 6.92 Å². The molecular weight excluding hydrogens is 404 g/mol. The molecule has 1 aromatic heterocycles. The summed E-state index contributed by atoms with van der Waals surface area (Å²) in [5.41, 5.74) is 2.10. The van der Waals surface area contributed by atoms with E-state index in [2.05, 4.69) is 29.2 Å². The number of aromatic nitrogens is 2. The highest BCUT2D eigenvalue weighted by molar-refractivity contribution is 5.94. The van der Waals surface area contributed by atoms with Gasteiger partial charge in [0.2, 0.25) is 11.8 Å². The number of likely N-dealkylation sites (N-methyl/N-ethyl adjacent to an activating group) is 1. The van der Waals surface area contributed by atoms with Gasteiger partial charge >= 0.3 is 0 Å². The molecule has 0 unspecified atom stereocenters. The van der Waals surface area contributed by atoms with Crippen LogP contribution < -0.4 is 10.2 Å². The van der Waals surface area contributed by atoms with Gasteiger partial charge in [0, 0.05) is 36.8 Å². The number of amides is 2. The number of aryl methyl sites for hydroxylation is 1. The minimum Gasteiger partial charge on any atom is -0.353 e. The summed E-state index contributed by atoms with van der Waals surface area (Å²) in [6.07, 6.45) is 9.20. The molecule has 1 N–H and O–H groups in total. The quantitative estimate of drug-likeness (QED) is 0.728. The Labute approximate surface area is 191 Å². The summed E-state index contributed by atoms with van der Waals surface area (Å²) < 4.78 is 0. The van der Waals surface area contributed by atoms with Crippen LogP contribution in [0.2, 0.25) is 0 Å². The Morgan fingerprint density at radius 3 is 2.62 bits per heavy atom. The van der Waals surface area contributed by atoms with Gasteiger partial charge in [0.05, 0.1) is 12.6 Å². The second-order valence-corrected chi connectivity index (χ2v) is 10.0. The smallest absolute Gasteiger partial charge is 0.234 e. The maximum absolute atomic E-state index is 12.9. The fourth-order valence-corrected chi connectivity index (χ4v) is 5.64. The predicted molar refractivity (Wildman–Crippen MR) is 125 cm³/mol. The maximum Gasteiger partial charge on any atom is 0.234 e. The molecule has 4 rings (SSSR count). The highest BCUT2D eigenvalue weighted by Gasteiger charge is 2.36. The lowest BCUT2D eigenvalue weighted by Gasteiger charge is -2.43. The number of fused-ring (bicyclic) bond motifs is 1. The van der Waals surface area contributed by atoms with Crippen LogP contribution in [0.1, 0.15) is 74.5 Å². The number of likely N-dealkylation sites (tertiary alicyclic amines) is 1. The van der Waals surface area contributed by atoms with Gasteiger partial charge in [-0.05, 0) is 59.7 Å². The van der Waals surface area contributed by atoms with E-state index in [4.69, 9.17) is 9.97 Å². The first-order chi connectivity index (χ1) is 15.3. The van der Waals surface area contributed by atoms with Crippen molar-refractivity contribution in [1.82, 2.24) is 25.1 Å². The van der Waals surface area contributed by atoms with Crippen LogP contribution in [-0.2, 0) is 16.0 Å². The van der Waals surface area contributed by atoms with Gasteiger partial charge in [0.1, 0.15) is 11.6 Å². The molecule has 0 aromatic carbocycles. The van der Waals surface area contributed by atoms with Crippen molar-refractivity contribution in [2.24, 2.45) is 0 Å².